The summed E-state index contributed by atoms with van der Waals surface area (Å²) in [6.45, 7) is 2.21. The first-order valence-electron chi connectivity index (χ1n) is 5.38. The van der Waals surface area contributed by atoms with Crippen LogP contribution >= 0.6 is 23.2 Å². The van der Waals surface area contributed by atoms with Crippen molar-refractivity contribution in [3.05, 3.63) is 28.2 Å². The van der Waals surface area contributed by atoms with E-state index >= 15 is 0 Å². The quantitative estimate of drug-likeness (QED) is 0.876. The van der Waals surface area contributed by atoms with E-state index in [4.69, 9.17) is 32.7 Å². The lowest BCUT2D eigenvalue weighted by atomic mass is 10.3. The minimum absolute atomic E-state index is 0.0611. The molecule has 0 saturated carbocycles. The molecule has 0 aliphatic rings. The number of amides is 1. The smallest absolute Gasteiger partial charge is 0.258 e. The van der Waals surface area contributed by atoms with Crippen LogP contribution in [0, 0.1) is 0 Å². The summed E-state index contributed by atoms with van der Waals surface area (Å²) in [6.07, 6.45) is 0. The van der Waals surface area contributed by atoms with Gasteiger partial charge in [0, 0.05) is 23.2 Å². The molecule has 1 atom stereocenters. The molecule has 0 fully saturated rings. The van der Waals surface area contributed by atoms with Crippen LogP contribution in [0.4, 0.5) is 0 Å². The fourth-order valence-electron chi connectivity index (χ4n) is 1.37. The first-order valence-corrected chi connectivity index (χ1v) is 6.14. The van der Waals surface area contributed by atoms with Crippen molar-refractivity contribution in [1.82, 2.24) is 5.32 Å². The number of rotatable bonds is 6. The molecule has 0 unspecified atom stereocenters. The zero-order valence-electron chi connectivity index (χ0n) is 10.2. The number of carbonyl (C=O) groups is 1. The van der Waals surface area contributed by atoms with Crippen molar-refractivity contribution >= 4 is 29.1 Å². The van der Waals surface area contributed by atoms with Gasteiger partial charge in [0.05, 0.1) is 6.61 Å². The number of carbonyl (C=O) groups excluding carboxylic acids is 1. The Labute approximate surface area is 116 Å². The van der Waals surface area contributed by atoms with Gasteiger partial charge in [0.1, 0.15) is 5.75 Å². The highest BCUT2D eigenvalue weighted by molar-refractivity contribution is 6.34. The lowest BCUT2D eigenvalue weighted by Crippen LogP contribution is -2.38. The molecule has 1 rings (SSSR count). The Morgan fingerprint density at radius 3 is 2.50 bits per heavy atom. The third kappa shape index (κ3) is 5.58. The van der Waals surface area contributed by atoms with Gasteiger partial charge in [0.15, 0.2) is 6.61 Å². The molecular weight excluding hydrogens is 277 g/mol. The Kier molecular flexibility index (Phi) is 6.25. The van der Waals surface area contributed by atoms with Gasteiger partial charge in [-0.25, -0.2) is 0 Å². The van der Waals surface area contributed by atoms with Crippen LogP contribution in [0.25, 0.3) is 0 Å². The topological polar surface area (TPSA) is 47.6 Å². The van der Waals surface area contributed by atoms with Gasteiger partial charge in [-0.05, 0) is 25.1 Å². The average Bonchev–Trinajstić information content (AvgIpc) is 2.25. The van der Waals surface area contributed by atoms with E-state index in [9.17, 15) is 4.79 Å². The highest BCUT2D eigenvalue weighted by Gasteiger charge is 2.08. The molecule has 0 radical (unpaired) electrons. The zero-order chi connectivity index (χ0) is 13.5. The standard InChI is InChI=1S/C12H15Cl2NO3/c1-8(6-17-2)15-12(16)7-18-11-4-9(13)3-10(14)5-11/h3-5,8H,6-7H2,1-2H3,(H,15,16)/t8-/m0/s1. The van der Waals surface area contributed by atoms with Crippen LogP contribution in [0.1, 0.15) is 6.92 Å². The molecule has 0 aliphatic carbocycles. The minimum atomic E-state index is -0.226. The Hall–Kier alpha value is -0.970. The second-order valence-electron chi connectivity index (χ2n) is 3.82. The second kappa shape index (κ2) is 7.46. The molecule has 1 aromatic rings. The van der Waals surface area contributed by atoms with E-state index in [0.29, 0.717) is 22.4 Å². The number of hydrogen-bond acceptors (Lipinski definition) is 3. The second-order valence-corrected chi connectivity index (χ2v) is 4.69. The van der Waals surface area contributed by atoms with Crippen LogP contribution in [0.3, 0.4) is 0 Å². The Balaban J connectivity index is 2.42. The first kappa shape index (κ1) is 15.1. The van der Waals surface area contributed by atoms with E-state index in [0.717, 1.165) is 0 Å². The van der Waals surface area contributed by atoms with Gasteiger partial charge in [-0.1, -0.05) is 23.2 Å². The highest BCUT2D eigenvalue weighted by Crippen LogP contribution is 2.23. The Morgan fingerprint density at radius 2 is 1.94 bits per heavy atom. The summed E-state index contributed by atoms with van der Waals surface area (Å²) in [5.41, 5.74) is 0. The van der Waals surface area contributed by atoms with Crippen molar-refractivity contribution in [3.63, 3.8) is 0 Å². The van der Waals surface area contributed by atoms with Gasteiger partial charge in [-0.2, -0.15) is 0 Å². The fourth-order valence-corrected chi connectivity index (χ4v) is 1.87. The van der Waals surface area contributed by atoms with Gasteiger partial charge in [0.2, 0.25) is 0 Å². The molecule has 0 heterocycles. The van der Waals surface area contributed by atoms with Crippen molar-refractivity contribution in [2.75, 3.05) is 20.3 Å². The summed E-state index contributed by atoms with van der Waals surface area (Å²) in [5, 5.41) is 3.65. The van der Waals surface area contributed by atoms with Gasteiger partial charge < -0.3 is 14.8 Å². The van der Waals surface area contributed by atoms with Crippen LogP contribution in [0.5, 0.6) is 5.75 Å². The molecule has 0 aliphatic heterocycles. The predicted molar refractivity (Wildman–Crippen MR) is 71.4 cm³/mol. The van der Waals surface area contributed by atoms with Crippen molar-refractivity contribution in [2.45, 2.75) is 13.0 Å². The minimum Gasteiger partial charge on any atom is -0.484 e. The van der Waals surface area contributed by atoms with E-state index in [2.05, 4.69) is 5.32 Å². The Morgan fingerprint density at radius 1 is 1.33 bits per heavy atom. The van der Waals surface area contributed by atoms with Crippen molar-refractivity contribution in [2.24, 2.45) is 0 Å². The number of methoxy groups -OCH3 is 1. The maximum absolute atomic E-state index is 11.5. The monoisotopic (exact) mass is 291 g/mol. The molecule has 6 heteroatoms. The van der Waals surface area contributed by atoms with E-state index in [1.165, 1.54) is 0 Å². The summed E-state index contributed by atoms with van der Waals surface area (Å²) in [5.74, 6) is 0.234. The summed E-state index contributed by atoms with van der Waals surface area (Å²) >= 11 is 11.6. The van der Waals surface area contributed by atoms with Gasteiger partial charge >= 0.3 is 0 Å². The van der Waals surface area contributed by atoms with Crippen molar-refractivity contribution in [1.29, 1.82) is 0 Å². The van der Waals surface area contributed by atoms with Crippen LogP contribution in [0.2, 0.25) is 10.0 Å². The third-order valence-corrected chi connectivity index (χ3v) is 2.47. The highest BCUT2D eigenvalue weighted by atomic mass is 35.5. The lowest BCUT2D eigenvalue weighted by Gasteiger charge is -2.13. The maximum atomic E-state index is 11.5. The maximum Gasteiger partial charge on any atom is 0.258 e. The molecule has 4 nitrogen and oxygen atoms in total. The average molecular weight is 292 g/mol. The molecule has 0 saturated heterocycles. The fraction of sp³-hybridized carbons (Fsp3) is 0.417. The van der Waals surface area contributed by atoms with E-state index < -0.39 is 0 Å². The third-order valence-electron chi connectivity index (χ3n) is 2.03. The normalized spacial score (nSPS) is 12.0. The van der Waals surface area contributed by atoms with E-state index in [-0.39, 0.29) is 18.6 Å². The molecule has 0 aromatic heterocycles. The van der Waals surface area contributed by atoms with Crippen LogP contribution in [-0.4, -0.2) is 32.3 Å². The zero-order valence-corrected chi connectivity index (χ0v) is 11.7. The lowest BCUT2D eigenvalue weighted by molar-refractivity contribution is -0.124. The number of nitrogens with one attached hydrogen (secondary N) is 1. The SMILES string of the molecule is COC[C@H](C)NC(=O)COc1cc(Cl)cc(Cl)c1. The van der Waals surface area contributed by atoms with Crippen LogP contribution in [-0.2, 0) is 9.53 Å². The molecule has 1 amide bonds. The van der Waals surface area contributed by atoms with Gasteiger partial charge in [0.25, 0.3) is 5.91 Å². The number of hydrogen-bond donors (Lipinski definition) is 1. The molecule has 18 heavy (non-hydrogen) atoms. The van der Waals surface area contributed by atoms with Crippen LogP contribution in [0.15, 0.2) is 18.2 Å². The molecule has 1 N–H and O–H groups in total. The van der Waals surface area contributed by atoms with Crippen molar-refractivity contribution in [3.8, 4) is 5.75 Å². The predicted octanol–water partition coefficient (Wildman–Crippen LogP) is 2.52. The largest absolute Gasteiger partial charge is 0.484 e. The summed E-state index contributed by atoms with van der Waals surface area (Å²) in [4.78, 5) is 11.5. The molecular formula is C12H15Cl2NO3. The number of ether oxygens (including phenoxy) is 2. The number of halogens is 2. The van der Waals surface area contributed by atoms with E-state index in [1.807, 2.05) is 6.92 Å². The molecule has 0 spiro atoms. The summed E-state index contributed by atoms with van der Waals surface area (Å²) < 4.78 is 10.2. The first-order chi connectivity index (χ1) is 8.51. The summed E-state index contributed by atoms with van der Waals surface area (Å²) in [6, 6.07) is 4.73. The number of benzene rings is 1. The van der Waals surface area contributed by atoms with Gasteiger partial charge in [-0.15, -0.1) is 0 Å². The van der Waals surface area contributed by atoms with Crippen LogP contribution < -0.4 is 10.1 Å². The molecule has 100 valence electrons. The molecule has 1 aromatic carbocycles. The van der Waals surface area contributed by atoms with E-state index in [1.54, 1.807) is 25.3 Å². The van der Waals surface area contributed by atoms with Gasteiger partial charge in [-0.3, -0.25) is 4.79 Å². The molecule has 0 bridgehead atoms. The van der Waals surface area contributed by atoms with Crippen molar-refractivity contribution < 1.29 is 14.3 Å². The Bertz CT molecular complexity index is 392. The summed E-state index contributed by atoms with van der Waals surface area (Å²) in [7, 11) is 1.58.